The topological polar surface area (TPSA) is 50.8 Å². The molecule has 4 rings (SSSR count). The molecule has 0 radical (unpaired) electrons. The fourth-order valence-corrected chi connectivity index (χ4v) is 3.54. The number of nitrogens with one attached hydrogen (secondary N) is 1. The molecule has 2 amide bonds. The summed E-state index contributed by atoms with van der Waals surface area (Å²) in [7, 11) is 0. The van der Waals surface area contributed by atoms with E-state index in [1.54, 1.807) is 0 Å². The van der Waals surface area contributed by atoms with E-state index in [0.717, 1.165) is 43.7 Å². The molecule has 2 aliphatic rings. The molecule has 0 aromatic heterocycles. The van der Waals surface area contributed by atoms with Crippen LogP contribution in [0.4, 0.5) is 10.5 Å². The number of hydrogen-bond acceptors (Lipinski definition) is 3. The van der Waals surface area contributed by atoms with Crippen LogP contribution in [0.3, 0.4) is 0 Å². The van der Waals surface area contributed by atoms with Crippen molar-refractivity contribution in [2.75, 3.05) is 31.6 Å². The first-order valence-electron chi connectivity index (χ1n) is 9.23. The summed E-state index contributed by atoms with van der Waals surface area (Å²) in [5.41, 5.74) is 3.11. The third-order valence-electron chi connectivity index (χ3n) is 5.07. The Morgan fingerprint density at radius 3 is 2.15 bits per heavy atom. The zero-order valence-corrected chi connectivity index (χ0v) is 14.8. The highest BCUT2D eigenvalue weighted by atomic mass is 16.7. The van der Waals surface area contributed by atoms with Gasteiger partial charge in [0.05, 0.1) is 13.2 Å². The lowest BCUT2D eigenvalue weighted by atomic mass is 10.0. The molecule has 2 aromatic rings. The molecule has 1 spiro atoms. The summed E-state index contributed by atoms with van der Waals surface area (Å²) in [5.74, 6) is -0.466. The molecular formula is C21H24N2O3. The minimum atomic E-state index is -0.466. The molecule has 26 heavy (non-hydrogen) atoms. The lowest BCUT2D eigenvalue weighted by molar-refractivity contribution is -0.281. The molecule has 0 unspecified atom stereocenters. The first kappa shape index (κ1) is 17.1. The smallest absolute Gasteiger partial charge is 0.321 e. The first-order valence-corrected chi connectivity index (χ1v) is 9.23. The van der Waals surface area contributed by atoms with E-state index in [1.807, 2.05) is 47.4 Å². The maximum absolute atomic E-state index is 12.5. The summed E-state index contributed by atoms with van der Waals surface area (Å²) < 4.78 is 11.7. The van der Waals surface area contributed by atoms with Gasteiger partial charge in [0.1, 0.15) is 0 Å². The number of piperidine rings is 1. The molecule has 2 aromatic carbocycles. The average molecular weight is 352 g/mol. The maximum Gasteiger partial charge on any atom is 0.321 e. The molecule has 5 heteroatoms. The van der Waals surface area contributed by atoms with Gasteiger partial charge in [-0.1, -0.05) is 42.5 Å². The van der Waals surface area contributed by atoms with Gasteiger partial charge in [-0.15, -0.1) is 0 Å². The maximum atomic E-state index is 12.5. The fourth-order valence-electron chi connectivity index (χ4n) is 3.54. The normalized spacial score (nSPS) is 19.3. The number of ether oxygens (including phenoxy) is 2. The third kappa shape index (κ3) is 3.74. The largest absolute Gasteiger partial charge is 0.350 e. The molecular weight excluding hydrogens is 328 g/mol. The number of anilines is 1. The monoisotopic (exact) mass is 352 g/mol. The predicted molar refractivity (Wildman–Crippen MR) is 101 cm³/mol. The number of carbonyl (C=O) groups is 1. The van der Waals surface area contributed by atoms with Crippen molar-refractivity contribution in [1.29, 1.82) is 0 Å². The number of carbonyl (C=O) groups excluding carboxylic acids is 1. The fraction of sp³-hybridized carbons (Fsp3) is 0.381. The Hall–Kier alpha value is -2.37. The van der Waals surface area contributed by atoms with Crippen LogP contribution in [0, 0.1) is 0 Å². The number of benzene rings is 2. The molecule has 2 fully saturated rings. The Bertz CT molecular complexity index is 730. The molecule has 2 aliphatic heterocycles. The van der Waals surface area contributed by atoms with Crippen LogP contribution in [0.5, 0.6) is 0 Å². The SMILES string of the molecule is O=C(Nc1ccc(-c2ccccc2)cc1)N1CCC2(CC1)OCCCO2. The highest BCUT2D eigenvalue weighted by Crippen LogP contribution is 2.31. The minimum Gasteiger partial charge on any atom is -0.350 e. The number of rotatable bonds is 2. The van der Waals surface area contributed by atoms with Crippen molar-refractivity contribution in [2.24, 2.45) is 0 Å². The van der Waals surface area contributed by atoms with Gasteiger partial charge in [0.25, 0.3) is 0 Å². The van der Waals surface area contributed by atoms with E-state index in [1.165, 1.54) is 5.56 Å². The van der Waals surface area contributed by atoms with E-state index in [0.29, 0.717) is 13.1 Å². The predicted octanol–water partition coefficient (Wildman–Crippen LogP) is 4.11. The van der Waals surface area contributed by atoms with Crippen molar-refractivity contribution in [3.63, 3.8) is 0 Å². The molecule has 2 heterocycles. The lowest BCUT2D eigenvalue weighted by Crippen LogP contribution is -2.52. The number of nitrogens with zero attached hydrogens (tertiary/aromatic N) is 1. The van der Waals surface area contributed by atoms with Crippen molar-refractivity contribution in [3.8, 4) is 11.1 Å². The van der Waals surface area contributed by atoms with E-state index in [4.69, 9.17) is 9.47 Å². The van der Waals surface area contributed by atoms with Crippen LogP contribution < -0.4 is 5.32 Å². The van der Waals surface area contributed by atoms with Gasteiger partial charge in [-0.3, -0.25) is 0 Å². The number of likely N-dealkylation sites (tertiary alicyclic amines) is 1. The molecule has 0 saturated carbocycles. The van der Waals surface area contributed by atoms with E-state index in [-0.39, 0.29) is 6.03 Å². The van der Waals surface area contributed by atoms with Crippen LogP contribution in [0.1, 0.15) is 19.3 Å². The number of urea groups is 1. The van der Waals surface area contributed by atoms with E-state index in [2.05, 4.69) is 17.4 Å². The van der Waals surface area contributed by atoms with Gasteiger partial charge in [0.15, 0.2) is 5.79 Å². The second kappa shape index (κ2) is 7.48. The molecule has 5 nitrogen and oxygen atoms in total. The molecule has 136 valence electrons. The lowest BCUT2D eigenvalue weighted by Gasteiger charge is -2.43. The van der Waals surface area contributed by atoms with Crippen LogP contribution in [-0.4, -0.2) is 43.0 Å². The zero-order chi connectivity index (χ0) is 17.8. The van der Waals surface area contributed by atoms with Crippen molar-refractivity contribution >= 4 is 11.7 Å². The van der Waals surface area contributed by atoms with Gasteiger partial charge in [-0.2, -0.15) is 0 Å². The van der Waals surface area contributed by atoms with Crippen LogP contribution >= 0.6 is 0 Å². The highest BCUT2D eigenvalue weighted by molar-refractivity contribution is 5.89. The average Bonchev–Trinajstić information content (AvgIpc) is 2.70. The van der Waals surface area contributed by atoms with Crippen LogP contribution in [-0.2, 0) is 9.47 Å². The molecule has 0 bridgehead atoms. The summed E-state index contributed by atoms with van der Waals surface area (Å²) in [6.07, 6.45) is 2.41. The molecule has 0 atom stereocenters. The summed E-state index contributed by atoms with van der Waals surface area (Å²) in [6.45, 7) is 2.79. The molecule has 2 saturated heterocycles. The van der Waals surface area contributed by atoms with Crippen molar-refractivity contribution in [2.45, 2.75) is 25.0 Å². The van der Waals surface area contributed by atoms with Gasteiger partial charge >= 0.3 is 6.03 Å². The van der Waals surface area contributed by atoms with Crippen LogP contribution in [0.2, 0.25) is 0 Å². The van der Waals surface area contributed by atoms with Crippen molar-refractivity contribution in [3.05, 3.63) is 54.6 Å². The van der Waals surface area contributed by atoms with Gasteiger partial charge < -0.3 is 19.7 Å². The standard InChI is InChI=1S/C21H24N2O3/c24-20(23-13-11-21(12-14-23)25-15-4-16-26-21)22-19-9-7-18(8-10-19)17-5-2-1-3-6-17/h1-3,5-10H,4,11-16H2,(H,22,24). The van der Waals surface area contributed by atoms with Crippen LogP contribution in [0.15, 0.2) is 54.6 Å². The second-order valence-corrected chi connectivity index (χ2v) is 6.82. The van der Waals surface area contributed by atoms with E-state index >= 15 is 0 Å². The summed E-state index contributed by atoms with van der Waals surface area (Å²) in [6, 6.07) is 18.1. The minimum absolute atomic E-state index is 0.0666. The van der Waals surface area contributed by atoms with Crippen molar-refractivity contribution < 1.29 is 14.3 Å². The van der Waals surface area contributed by atoms with Crippen molar-refractivity contribution in [1.82, 2.24) is 4.90 Å². The van der Waals surface area contributed by atoms with Crippen LogP contribution in [0.25, 0.3) is 11.1 Å². The highest BCUT2D eigenvalue weighted by Gasteiger charge is 2.39. The third-order valence-corrected chi connectivity index (χ3v) is 5.07. The summed E-state index contributed by atoms with van der Waals surface area (Å²) in [4.78, 5) is 14.4. The van der Waals surface area contributed by atoms with Gasteiger partial charge in [0, 0.05) is 31.6 Å². The summed E-state index contributed by atoms with van der Waals surface area (Å²) in [5, 5.41) is 2.99. The quantitative estimate of drug-likeness (QED) is 0.885. The van der Waals surface area contributed by atoms with Gasteiger partial charge in [0.2, 0.25) is 0 Å². The Balaban J connectivity index is 1.34. The molecule has 1 N–H and O–H groups in total. The van der Waals surface area contributed by atoms with E-state index < -0.39 is 5.79 Å². The van der Waals surface area contributed by atoms with E-state index in [9.17, 15) is 4.79 Å². The zero-order valence-electron chi connectivity index (χ0n) is 14.8. The second-order valence-electron chi connectivity index (χ2n) is 6.82. The number of amides is 2. The van der Waals surface area contributed by atoms with Gasteiger partial charge in [-0.25, -0.2) is 4.79 Å². The Morgan fingerprint density at radius 1 is 0.885 bits per heavy atom. The Morgan fingerprint density at radius 2 is 1.50 bits per heavy atom. The Kier molecular flexibility index (Phi) is 4.91. The summed E-state index contributed by atoms with van der Waals surface area (Å²) >= 11 is 0. The number of hydrogen-bond donors (Lipinski definition) is 1. The first-order chi connectivity index (χ1) is 12.7. The molecule has 0 aliphatic carbocycles. The Labute approximate surface area is 153 Å². The van der Waals surface area contributed by atoms with Gasteiger partial charge in [-0.05, 0) is 29.7 Å².